The molecule has 1 aromatic rings. The van der Waals surface area contributed by atoms with E-state index in [1.165, 1.54) is 24.1 Å². The number of aromatic nitrogens is 2. The number of hydrogen-bond acceptors (Lipinski definition) is 3. The van der Waals surface area contributed by atoms with Crippen molar-refractivity contribution < 1.29 is 4.79 Å². The molecule has 26 heavy (non-hydrogen) atoms. The molecule has 2 saturated heterocycles. The highest BCUT2D eigenvalue weighted by atomic mass is 16.2. The number of carbonyl (C=O) groups is 1. The van der Waals surface area contributed by atoms with Crippen LogP contribution in [0, 0.1) is 5.41 Å². The number of rotatable bonds is 7. The van der Waals surface area contributed by atoms with Crippen LogP contribution >= 0.6 is 0 Å². The predicted molar refractivity (Wildman–Crippen MR) is 105 cm³/mol. The van der Waals surface area contributed by atoms with E-state index in [0.29, 0.717) is 5.91 Å². The molecule has 0 aromatic carbocycles. The molecule has 0 atom stereocenters. The Hall–Kier alpha value is -1.62. The normalized spacial score (nSPS) is 20.1. The summed E-state index contributed by atoms with van der Waals surface area (Å²) in [6.07, 6.45) is 10.6. The van der Waals surface area contributed by atoms with Crippen molar-refractivity contribution in [2.24, 2.45) is 5.41 Å². The summed E-state index contributed by atoms with van der Waals surface area (Å²) < 4.78 is 0. The van der Waals surface area contributed by atoms with E-state index in [4.69, 9.17) is 0 Å². The highest BCUT2D eigenvalue weighted by Gasteiger charge is 2.44. The van der Waals surface area contributed by atoms with Crippen molar-refractivity contribution in [3.63, 3.8) is 0 Å². The third-order valence-corrected chi connectivity index (χ3v) is 5.88. The number of piperidine rings is 1. The van der Waals surface area contributed by atoms with E-state index < -0.39 is 0 Å². The van der Waals surface area contributed by atoms with Crippen molar-refractivity contribution in [2.75, 3.05) is 26.2 Å². The molecule has 3 heterocycles. The lowest BCUT2D eigenvalue weighted by Gasteiger charge is -2.38. The zero-order chi connectivity index (χ0) is 18.6. The first-order chi connectivity index (χ1) is 12.5. The molecule has 2 fully saturated rings. The van der Waals surface area contributed by atoms with Crippen molar-refractivity contribution in [3.05, 3.63) is 29.4 Å². The summed E-state index contributed by atoms with van der Waals surface area (Å²) in [4.78, 5) is 24.9. The van der Waals surface area contributed by atoms with Crippen molar-refractivity contribution in [3.8, 4) is 0 Å². The summed E-state index contributed by atoms with van der Waals surface area (Å²) in [6, 6.07) is 0. The van der Waals surface area contributed by atoms with Crippen molar-refractivity contribution in [1.29, 1.82) is 0 Å². The summed E-state index contributed by atoms with van der Waals surface area (Å²) in [5.41, 5.74) is 2.72. The van der Waals surface area contributed by atoms with Crippen LogP contribution in [-0.4, -0.2) is 51.9 Å². The Morgan fingerprint density at radius 1 is 1.35 bits per heavy atom. The molecule has 144 valence electrons. The fraction of sp³-hybridized carbons (Fsp3) is 0.714. The number of H-pyrrole nitrogens is 1. The minimum absolute atomic E-state index is 0.212. The first-order valence-electron chi connectivity index (χ1n) is 10.2. The van der Waals surface area contributed by atoms with Crippen LogP contribution in [0.1, 0.15) is 64.4 Å². The van der Waals surface area contributed by atoms with Gasteiger partial charge in [-0.15, -0.1) is 0 Å². The maximum absolute atomic E-state index is 12.4. The number of aromatic amines is 1. The number of amides is 1. The Morgan fingerprint density at radius 3 is 2.81 bits per heavy atom. The maximum Gasteiger partial charge on any atom is 0.223 e. The second-order valence-corrected chi connectivity index (χ2v) is 8.47. The first-order valence-corrected chi connectivity index (χ1v) is 10.2. The number of carbonyl (C=O) groups excluding carboxylic acids is 1. The molecular weight excluding hydrogens is 324 g/mol. The molecule has 0 radical (unpaired) electrons. The van der Waals surface area contributed by atoms with Crippen LogP contribution in [0.2, 0.25) is 0 Å². The number of nitrogens with one attached hydrogen (secondary N) is 1. The lowest BCUT2D eigenvalue weighted by molar-refractivity contribution is -0.127. The van der Waals surface area contributed by atoms with Gasteiger partial charge in [0.2, 0.25) is 5.91 Å². The summed E-state index contributed by atoms with van der Waals surface area (Å²) in [6.45, 7) is 11.2. The minimum atomic E-state index is 0.212. The summed E-state index contributed by atoms with van der Waals surface area (Å²) in [5.74, 6) is 1.46. The molecule has 1 spiro atoms. The van der Waals surface area contributed by atoms with Crippen LogP contribution < -0.4 is 0 Å². The standard InChI is InChI=1S/C21H34N4O/c1-4-5-6-19-22-14-18(23-19)15-24-11-8-21(9-12-24)13-20(26)25(16-21)10-7-17(2)3/h7,14H,4-6,8-13,15-16H2,1-3H3,(H,22,23). The van der Waals surface area contributed by atoms with E-state index in [2.05, 4.69) is 46.6 Å². The van der Waals surface area contributed by atoms with Crippen molar-refractivity contribution in [1.82, 2.24) is 19.8 Å². The molecule has 1 aromatic heterocycles. The lowest BCUT2D eigenvalue weighted by atomic mass is 9.77. The van der Waals surface area contributed by atoms with Gasteiger partial charge in [0, 0.05) is 44.4 Å². The number of allylic oxidation sites excluding steroid dienone is 1. The zero-order valence-corrected chi connectivity index (χ0v) is 16.7. The van der Waals surface area contributed by atoms with Gasteiger partial charge >= 0.3 is 0 Å². The van der Waals surface area contributed by atoms with E-state index in [0.717, 1.165) is 64.2 Å². The van der Waals surface area contributed by atoms with Gasteiger partial charge in [0.15, 0.2) is 0 Å². The molecule has 1 amide bonds. The molecule has 0 saturated carbocycles. The SMILES string of the molecule is CCCCc1ncc(CN2CCC3(CC2)CC(=O)N(CC=C(C)C)C3)[nH]1. The summed E-state index contributed by atoms with van der Waals surface area (Å²) >= 11 is 0. The van der Waals surface area contributed by atoms with Gasteiger partial charge < -0.3 is 9.88 Å². The molecule has 5 nitrogen and oxygen atoms in total. The van der Waals surface area contributed by atoms with Gasteiger partial charge in [0.25, 0.3) is 0 Å². The molecular formula is C21H34N4O. The van der Waals surface area contributed by atoms with Gasteiger partial charge in [0.1, 0.15) is 5.82 Å². The number of unbranched alkanes of at least 4 members (excludes halogenated alkanes) is 1. The quantitative estimate of drug-likeness (QED) is 0.759. The average Bonchev–Trinajstić information content (AvgIpc) is 3.18. The van der Waals surface area contributed by atoms with Crippen LogP contribution in [-0.2, 0) is 17.8 Å². The van der Waals surface area contributed by atoms with E-state index in [1.54, 1.807) is 0 Å². The van der Waals surface area contributed by atoms with Crippen LogP contribution in [0.25, 0.3) is 0 Å². The summed E-state index contributed by atoms with van der Waals surface area (Å²) in [5, 5.41) is 0. The van der Waals surface area contributed by atoms with Gasteiger partial charge in [0.05, 0.1) is 0 Å². The number of hydrogen-bond donors (Lipinski definition) is 1. The second kappa shape index (κ2) is 8.38. The van der Waals surface area contributed by atoms with E-state index in [1.807, 2.05) is 6.20 Å². The lowest BCUT2D eigenvalue weighted by Crippen LogP contribution is -2.41. The van der Waals surface area contributed by atoms with Gasteiger partial charge in [-0.3, -0.25) is 9.69 Å². The molecule has 2 aliphatic heterocycles. The van der Waals surface area contributed by atoms with Gasteiger partial charge in [-0.25, -0.2) is 4.98 Å². The smallest absolute Gasteiger partial charge is 0.223 e. The minimum Gasteiger partial charge on any atom is -0.345 e. The van der Waals surface area contributed by atoms with Crippen LogP contribution in [0.5, 0.6) is 0 Å². The molecule has 1 N–H and O–H groups in total. The Kier molecular flexibility index (Phi) is 6.17. The fourth-order valence-electron chi connectivity index (χ4n) is 4.16. The van der Waals surface area contributed by atoms with Gasteiger partial charge in [-0.1, -0.05) is 25.0 Å². The van der Waals surface area contributed by atoms with Crippen LogP contribution in [0.4, 0.5) is 0 Å². The zero-order valence-electron chi connectivity index (χ0n) is 16.7. The molecule has 0 bridgehead atoms. The van der Waals surface area contributed by atoms with Crippen LogP contribution in [0.15, 0.2) is 17.8 Å². The highest BCUT2D eigenvalue weighted by Crippen LogP contribution is 2.41. The van der Waals surface area contributed by atoms with E-state index >= 15 is 0 Å². The third kappa shape index (κ3) is 4.76. The Labute approximate surface area is 157 Å². The molecule has 5 heteroatoms. The van der Waals surface area contributed by atoms with E-state index in [-0.39, 0.29) is 5.41 Å². The molecule has 2 aliphatic rings. The topological polar surface area (TPSA) is 52.2 Å². The number of likely N-dealkylation sites (tertiary alicyclic amines) is 2. The van der Waals surface area contributed by atoms with Crippen molar-refractivity contribution in [2.45, 2.75) is 65.8 Å². The Morgan fingerprint density at radius 2 is 2.12 bits per heavy atom. The average molecular weight is 359 g/mol. The predicted octanol–water partition coefficient (Wildman–Crippen LogP) is 3.53. The van der Waals surface area contributed by atoms with E-state index in [9.17, 15) is 4.79 Å². The highest BCUT2D eigenvalue weighted by molar-refractivity contribution is 5.79. The molecule has 0 aliphatic carbocycles. The largest absolute Gasteiger partial charge is 0.345 e. The van der Waals surface area contributed by atoms with Crippen LogP contribution in [0.3, 0.4) is 0 Å². The van der Waals surface area contributed by atoms with Gasteiger partial charge in [-0.2, -0.15) is 0 Å². The number of aryl methyl sites for hydroxylation is 1. The van der Waals surface area contributed by atoms with Crippen molar-refractivity contribution >= 4 is 5.91 Å². The number of nitrogens with zero attached hydrogens (tertiary/aromatic N) is 3. The molecule has 0 unspecified atom stereocenters. The second-order valence-electron chi connectivity index (χ2n) is 8.47. The fourth-order valence-corrected chi connectivity index (χ4v) is 4.16. The number of imidazole rings is 1. The monoisotopic (exact) mass is 358 g/mol. The first kappa shape index (κ1) is 19.2. The van der Waals surface area contributed by atoms with Gasteiger partial charge in [-0.05, 0) is 51.6 Å². The summed E-state index contributed by atoms with van der Waals surface area (Å²) in [7, 11) is 0. The molecule has 3 rings (SSSR count). The maximum atomic E-state index is 12.4. The Balaban J connectivity index is 1.49. The Bertz CT molecular complexity index is 636. The third-order valence-electron chi connectivity index (χ3n) is 5.88.